The number of aromatic nitrogens is 1. The van der Waals surface area contributed by atoms with Crippen molar-refractivity contribution in [2.75, 3.05) is 11.9 Å². The van der Waals surface area contributed by atoms with Gasteiger partial charge in [0.15, 0.2) is 5.13 Å². The summed E-state index contributed by atoms with van der Waals surface area (Å²) in [7, 11) is 0. The fourth-order valence-corrected chi connectivity index (χ4v) is 3.00. The van der Waals surface area contributed by atoms with Crippen LogP contribution >= 0.6 is 11.3 Å². The summed E-state index contributed by atoms with van der Waals surface area (Å²) < 4.78 is 33.5. The molecule has 0 bridgehead atoms. The normalized spacial score (nSPS) is 10.7. The maximum atomic E-state index is 13.6. The fraction of sp³-hybridized carbons (Fsp3) is 0.125. The number of hydrogen-bond donors (Lipinski definition) is 1. The molecule has 1 heterocycles. The predicted molar refractivity (Wildman–Crippen MR) is 85.1 cm³/mol. The molecule has 0 aliphatic carbocycles. The van der Waals surface area contributed by atoms with Crippen molar-refractivity contribution in [1.82, 2.24) is 4.98 Å². The number of anilines is 1. The van der Waals surface area contributed by atoms with Crippen LogP contribution in [0.2, 0.25) is 0 Å². The third-order valence-corrected chi connectivity index (χ3v) is 4.03. The lowest BCUT2D eigenvalue weighted by atomic mass is 10.2. The Morgan fingerprint density at radius 1 is 1.22 bits per heavy atom. The second-order valence-electron chi connectivity index (χ2n) is 4.61. The quantitative estimate of drug-likeness (QED) is 0.777. The van der Waals surface area contributed by atoms with Crippen LogP contribution in [0.4, 0.5) is 13.9 Å². The van der Waals surface area contributed by atoms with Gasteiger partial charge in [-0.25, -0.2) is 13.8 Å². The van der Waals surface area contributed by atoms with Crippen molar-refractivity contribution in [2.24, 2.45) is 0 Å². The largest absolute Gasteiger partial charge is 0.492 e. The Labute approximate surface area is 134 Å². The number of amides is 1. The van der Waals surface area contributed by atoms with E-state index < -0.39 is 23.1 Å². The third kappa shape index (κ3) is 3.00. The molecule has 7 heteroatoms. The molecule has 2 aromatic carbocycles. The van der Waals surface area contributed by atoms with E-state index in [2.05, 4.69) is 10.3 Å². The topological polar surface area (TPSA) is 51.2 Å². The van der Waals surface area contributed by atoms with Gasteiger partial charge >= 0.3 is 0 Å². The average molecular weight is 334 g/mol. The molecule has 0 radical (unpaired) electrons. The van der Waals surface area contributed by atoms with E-state index in [1.54, 1.807) is 6.07 Å². The number of benzene rings is 2. The molecule has 23 heavy (non-hydrogen) atoms. The Balaban J connectivity index is 1.93. The monoisotopic (exact) mass is 334 g/mol. The summed E-state index contributed by atoms with van der Waals surface area (Å²) in [4.78, 5) is 16.4. The van der Waals surface area contributed by atoms with Gasteiger partial charge in [0, 0.05) is 0 Å². The second kappa shape index (κ2) is 6.29. The van der Waals surface area contributed by atoms with E-state index >= 15 is 0 Å². The fourth-order valence-electron chi connectivity index (χ4n) is 2.12. The van der Waals surface area contributed by atoms with Gasteiger partial charge in [-0.15, -0.1) is 0 Å². The first-order valence-corrected chi connectivity index (χ1v) is 7.69. The first-order valence-electron chi connectivity index (χ1n) is 6.88. The van der Waals surface area contributed by atoms with Crippen molar-refractivity contribution in [2.45, 2.75) is 6.92 Å². The van der Waals surface area contributed by atoms with Gasteiger partial charge in [-0.2, -0.15) is 0 Å². The number of carbonyl (C=O) groups excluding carboxylic acids is 1. The highest BCUT2D eigenvalue weighted by Gasteiger charge is 2.19. The Kier molecular flexibility index (Phi) is 4.20. The number of nitrogens with zero attached hydrogens (tertiary/aromatic N) is 1. The maximum Gasteiger partial charge on any atom is 0.263 e. The minimum Gasteiger partial charge on any atom is -0.492 e. The summed E-state index contributed by atoms with van der Waals surface area (Å²) in [6, 6.07) is 8.68. The molecule has 1 aromatic heterocycles. The Morgan fingerprint density at radius 2 is 1.91 bits per heavy atom. The Bertz CT molecular complexity index is 859. The number of ether oxygens (including phenoxy) is 1. The van der Waals surface area contributed by atoms with E-state index in [-0.39, 0.29) is 5.13 Å². The summed E-state index contributed by atoms with van der Waals surface area (Å²) >= 11 is 1.20. The molecule has 4 nitrogen and oxygen atoms in total. The first kappa shape index (κ1) is 15.4. The molecule has 0 unspecified atom stereocenters. The maximum absolute atomic E-state index is 13.6. The van der Waals surface area contributed by atoms with Gasteiger partial charge in [-0.05, 0) is 31.2 Å². The van der Waals surface area contributed by atoms with Crippen LogP contribution in [0.25, 0.3) is 10.2 Å². The van der Waals surface area contributed by atoms with Crippen molar-refractivity contribution in [1.29, 1.82) is 0 Å². The van der Waals surface area contributed by atoms with Crippen molar-refractivity contribution in [3.63, 3.8) is 0 Å². The minimum atomic E-state index is -0.918. The molecule has 118 valence electrons. The number of para-hydroxylation sites is 1. The van der Waals surface area contributed by atoms with Gasteiger partial charge in [0.2, 0.25) is 0 Å². The molecule has 1 amide bonds. The highest BCUT2D eigenvalue weighted by Crippen LogP contribution is 2.32. The van der Waals surface area contributed by atoms with E-state index in [1.807, 2.05) is 19.1 Å². The zero-order chi connectivity index (χ0) is 16.4. The van der Waals surface area contributed by atoms with Gasteiger partial charge in [-0.1, -0.05) is 23.5 Å². The molecular formula is C16H12F2N2O2S. The smallest absolute Gasteiger partial charge is 0.263 e. The summed E-state index contributed by atoms with van der Waals surface area (Å²) in [6.45, 7) is 2.34. The summed E-state index contributed by atoms with van der Waals surface area (Å²) in [5.74, 6) is -2.12. The standard InChI is InChI=1S/C16H12F2N2O2S/c1-2-22-11-7-4-8-12-14(11)19-16(23-12)20-15(21)13-9(17)5-3-6-10(13)18/h3-8H,2H2,1H3,(H,19,20,21). The van der Waals surface area contributed by atoms with Gasteiger partial charge in [0.25, 0.3) is 5.91 Å². The molecule has 0 spiro atoms. The lowest BCUT2D eigenvalue weighted by Gasteiger charge is -2.04. The van der Waals surface area contributed by atoms with E-state index in [0.29, 0.717) is 17.9 Å². The SMILES string of the molecule is CCOc1cccc2sc(NC(=O)c3c(F)cccc3F)nc12. The molecule has 0 aliphatic heterocycles. The van der Waals surface area contributed by atoms with Crippen molar-refractivity contribution < 1.29 is 18.3 Å². The van der Waals surface area contributed by atoms with Gasteiger partial charge in [0.05, 0.1) is 11.3 Å². The second-order valence-corrected chi connectivity index (χ2v) is 5.64. The highest BCUT2D eigenvalue weighted by molar-refractivity contribution is 7.22. The van der Waals surface area contributed by atoms with E-state index in [1.165, 1.54) is 17.4 Å². The van der Waals surface area contributed by atoms with Gasteiger partial charge in [0.1, 0.15) is 28.5 Å². The van der Waals surface area contributed by atoms with Crippen molar-refractivity contribution in [3.05, 3.63) is 53.6 Å². The zero-order valence-corrected chi connectivity index (χ0v) is 12.9. The molecule has 0 saturated heterocycles. The van der Waals surface area contributed by atoms with E-state index in [0.717, 1.165) is 16.8 Å². The highest BCUT2D eigenvalue weighted by atomic mass is 32.1. The van der Waals surface area contributed by atoms with Crippen LogP contribution in [-0.4, -0.2) is 17.5 Å². The third-order valence-electron chi connectivity index (χ3n) is 3.09. The molecule has 0 fully saturated rings. The zero-order valence-electron chi connectivity index (χ0n) is 12.1. The number of nitrogens with one attached hydrogen (secondary N) is 1. The Morgan fingerprint density at radius 3 is 2.61 bits per heavy atom. The first-order chi connectivity index (χ1) is 11.1. The van der Waals surface area contributed by atoms with Gasteiger partial charge in [-0.3, -0.25) is 10.1 Å². The summed E-state index contributed by atoms with van der Waals surface area (Å²) in [5, 5.41) is 2.68. The van der Waals surface area contributed by atoms with Crippen LogP contribution < -0.4 is 10.1 Å². The summed E-state index contributed by atoms with van der Waals surface area (Å²) in [5.41, 5.74) is -0.0274. The van der Waals surface area contributed by atoms with Crippen LogP contribution in [0.15, 0.2) is 36.4 Å². The number of hydrogen-bond acceptors (Lipinski definition) is 4. The molecule has 3 rings (SSSR count). The average Bonchev–Trinajstić information content (AvgIpc) is 2.90. The Hall–Kier alpha value is -2.54. The van der Waals surface area contributed by atoms with E-state index in [4.69, 9.17) is 4.74 Å². The number of rotatable bonds is 4. The molecular weight excluding hydrogens is 322 g/mol. The lowest BCUT2D eigenvalue weighted by Crippen LogP contribution is -2.15. The molecule has 1 N–H and O–H groups in total. The van der Waals surface area contributed by atoms with Crippen LogP contribution in [0.5, 0.6) is 5.75 Å². The van der Waals surface area contributed by atoms with Crippen molar-refractivity contribution in [3.8, 4) is 5.75 Å². The predicted octanol–water partition coefficient (Wildman–Crippen LogP) is 4.23. The number of fused-ring (bicyclic) bond motifs is 1. The van der Waals surface area contributed by atoms with Crippen LogP contribution in [0.3, 0.4) is 0 Å². The molecule has 0 atom stereocenters. The van der Waals surface area contributed by atoms with Crippen LogP contribution in [-0.2, 0) is 0 Å². The molecule has 3 aromatic rings. The minimum absolute atomic E-state index is 0.250. The van der Waals surface area contributed by atoms with E-state index in [9.17, 15) is 13.6 Å². The number of thiazole rings is 1. The van der Waals surface area contributed by atoms with Crippen LogP contribution in [0, 0.1) is 11.6 Å². The molecule has 0 aliphatic rings. The number of halogens is 2. The molecule has 0 saturated carbocycles. The van der Waals surface area contributed by atoms with Crippen LogP contribution in [0.1, 0.15) is 17.3 Å². The van der Waals surface area contributed by atoms with Gasteiger partial charge < -0.3 is 4.74 Å². The number of carbonyl (C=O) groups is 1. The lowest BCUT2D eigenvalue weighted by molar-refractivity contribution is 0.101. The van der Waals surface area contributed by atoms with Crippen molar-refractivity contribution >= 4 is 32.6 Å². The summed E-state index contributed by atoms with van der Waals surface area (Å²) in [6.07, 6.45) is 0.